The van der Waals surface area contributed by atoms with Gasteiger partial charge in [-0.2, -0.15) is 0 Å². The molecule has 113 heavy (non-hydrogen) atoms. The second kappa shape index (κ2) is 49.1. The Bertz CT molecular complexity index is 3910. The van der Waals surface area contributed by atoms with Crippen molar-refractivity contribution >= 4 is 84.3 Å². The van der Waals surface area contributed by atoms with Crippen molar-refractivity contribution in [2.45, 2.75) is 118 Å². The molecule has 28 nitrogen and oxygen atoms in total. The molecule has 8 rings (SSSR count). The second-order valence-electron chi connectivity index (χ2n) is 28.0. The van der Waals surface area contributed by atoms with Crippen LogP contribution in [0.3, 0.4) is 0 Å². The minimum Gasteiger partial charge on any atom is -0.489 e. The molecule has 34 heteroatoms. The number of alkyl carbamates (subject to hydrolysis) is 2. The number of halogens is 6. The summed E-state index contributed by atoms with van der Waals surface area (Å²) in [6, 6.07) is 20.1. The number of nitrogens with two attached hydrogens (primary N) is 2. The van der Waals surface area contributed by atoms with Crippen LogP contribution in [0.15, 0.2) is 120 Å². The van der Waals surface area contributed by atoms with Crippen LogP contribution in [-0.2, 0) is 54.3 Å². The lowest BCUT2D eigenvalue weighted by Crippen LogP contribution is -2.44. The molecule has 0 spiro atoms. The van der Waals surface area contributed by atoms with Crippen LogP contribution < -0.4 is 57.0 Å². The topological polar surface area (TPSA) is 371 Å². The van der Waals surface area contributed by atoms with Crippen molar-refractivity contribution in [1.29, 1.82) is 0 Å². The highest BCUT2D eigenvalue weighted by atomic mass is 35.5. The quantitative estimate of drug-likeness (QED) is 0.0211. The largest absolute Gasteiger partial charge is 0.489 e. The predicted molar refractivity (Wildman–Crippen MR) is 422 cm³/mol. The molecule has 0 atom stereocenters. The third-order valence-corrected chi connectivity index (χ3v) is 16.6. The third-order valence-electron chi connectivity index (χ3n) is 16.6. The van der Waals surface area contributed by atoms with E-state index in [0.29, 0.717) is 153 Å². The normalized spacial score (nSPS) is 13.9. The lowest BCUT2D eigenvalue weighted by Gasteiger charge is -2.28. The maximum atomic E-state index is 13.2. The Morgan fingerprint density at radius 2 is 0.664 bits per heavy atom. The summed E-state index contributed by atoms with van der Waals surface area (Å²) >= 11 is 0. The minimum atomic E-state index is -1.06. The number of rotatable bonds is 32. The van der Waals surface area contributed by atoms with Crippen molar-refractivity contribution in [2.24, 2.45) is 11.5 Å². The molecular formula is C79H107Cl2F4N11O17. The van der Waals surface area contributed by atoms with Gasteiger partial charge in [0.1, 0.15) is 67.2 Å². The third kappa shape index (κ3) is 33.4. The summed E-state index contributed by atoms with van der Waals surface area (Å²) in [5, 5.41) is 22.1. The predicted octanol–water partition coefficient (Wildman–Crippen LogP) is 9.14. The van der Waals surface area contributed by atoms with Gasteiger partial charge >= 0.3 is 18.2 Å². The van der Waals surface area contributed by atoms with Gasteiger partial charge in [0.25, 0.3) is 23.6 Å². The number of nitrogens with zero attached hydrogens (tertiary/aromatic N) is 4. The number of hydrogen-bond acceptors (Lipinski definition) is 18. The average Bonchev–Trinajstić information content (AvgIpc) is 0.821. The van der Waals surface area contributed by atoms with Crippen LogP contribution in [0, 0.1) is 0 Å². The maximum Gasteiger partial charge on any atom is 0.407 e. The van der Waals surface area contributed by atoms with E-state index in [1.165, 1.54) is 9.80 Å². The SMILES string of the molecule is CC(C)(C)OC(=O)NC/C(=C\F)COc1ccc2c(c1)CCN(CC(=O)O)C2=O.CCCNC(=O)CN1CCc2cc(OC/C(=C/F)CN)ccc2C1=O.CCCNC(=O)CN1CCc2cc(OC/C(=C/F)CN)ccc2C1=O.CCCNC(=O)CN1CCc2cc(OC/C(=C/F)CNC(=O)OC(C)(C)C)ccc2C1=O.Cl.Cl. The van der Waals surface area contributed by atoms with E-state index in [4.69, 9.17) is 45.0 Å². The maximum absolute atomic E-state index is 13.2. The summed E-state index contributed by atoms with van der Waals surface area (Å²) in [6.45, 7) is 19.7. The van der Waals surface area contributed by atoms with E-state index in [0.717, 1.165) is 41.5 Å². The number of nitrogens with one attached hydrogen (secondary N) is 5. The van der Waals surface area contributed by atoms with E-state index in [1.807, 2.05) is 20.8 Å². The first-order chi connectivity index (χ1) is 52.9. The molecule has 0 unspecified atom stereocenters. The van der Waals surface area contributed by atoms with Gasteiger partial charge in [-0.25, -0.2) is 27.2 Å². The van der Waals surface area contributed by atoms with E-state index in [2.05, 4.69) is 26.6 Å². The van der Waals surface area contributed by atoms with E-state index in [1.54, 1.807) is 124 Å². The Balaban J connectivity index is 0.000000390. The van der Waals surface area contributed by atoms with Gasteiger partial charge in [0.05, 0.1) is 45.0 Å². The first kappa shape index (κ1) is 96.8. The fraction of sp³-hybridized carbons (Fsp3) is 0.468. The fourth-order valence-corrected chi connectivity index (χ4v) is 10.9. The zero-order valence-electron chi connectivity index (χ0n) is 65.4. The molecule has 4 aromatic rings. The zero-order valence-corrected chi connectivity index (χ0v) is 67.0. The van der Waals surface area contributed by atoms with Gasteiger partial charge in [-0.1, -0.05) is 20.8 Å². The van der Waals surface area contributed by atoms with Gasteiger partial charge in [0.2, 0.25) is 17.7 Å². The second-order valence-corrected chi connectivity index (χ2v) is 28.0. The number of hydrogen-bond donors (Lipinski definition) is 8. The lowest BCUT2D eigenvalue weighted by atomic mass is 9.98. The molecule has 4 aliphatic rings. The van der Waals surface area contributed by atoms with E-state index in [9.17, 15) is 65.5 Å². The van der Waals surface area contributed by atoms with Crippen molar-refractivity contribution < 1.29 is 99.0 Å². The first-order valence-electron chi connectivity index (χ1n) is 36.6. The molecular weight excluding hydrogens is 1520 g/mol. The Morgan fingerprint density at radius 3 is 0.885 bits per heavy atom. The summed E-state index contributed by atoms with van der Waals surface area (Å²) in [6.07, 6.45) is 5.27. The highest BCUT2D eigenvalue weighted by molar-refractivity contribution is 6.01. The van der Waals surface area contributed by atoms with Crippen LogP contribution in [0.4, 0.5) is 27.2 Å². The Hall–Kier alpha value is -10.4. The van der Waals surface area contributed by atoms with Crippen molar-refractivity contribution in [3.05, 3.63) is 165 Å². The molecule has 0 saturated carbocycles. The van der Waals surface area contributed by atoms with Crippen molar-refractivity contribution in [3.8, 4) is 23.0 Å². The summed E-state index contributed by atoms with van der Waals surface area (Å²) in [5.74, 6) is -0.333. The van der Waals surface area contributed by atoms with Crippen LogP contribution in [0.2, 0.25) is 0 Å². The van der Waals surface area contributed by atoms with Crippen LogP contribution in [-0.4, -0.2) is 220 Å². The molecule has 0 radical (unpaired) electrons. The molecule has 0 aliphatic carbocycles. The summed E-state index contributed by atoms with van der Waals surface area (Å²) in [5.41, 5.74) is 16.0. The zero-order chi connectivity index (χ0) is 81.8. The number of carboxylic acids is 1. The van der Waals surface area contributed by atoms with Crippen molar-refractivity contribution in [2.75, 3.05) is 125 Å². The molecule has 0 aromatic heterocycles. The molecule has 0 fully saturated rings. The molecule has 9 amide bonds. The summed E-state index contributed by atoms with van der Waals surface area (Å²) < 4.78 is 83.7. The number of carbonyl (C=O) groups excluding carboxylic acids is 9. The average molecular weight is 1630 g/mol. The Morgan fingerprint density at radius 1 is 0.416 bits per heavy atom. The standard InChI is InChI=1S/C23H32FN3O5.C20H25FN2O6.2C18H24FN3O3.2ClH/c1-5-9-25-20(28)14-27-10-8-17-11-18(6-7-19(17)21(27)29)31-15-16(12-24)13-26-22(30)32-23(2,3)4;1-20(2,3)29-19(27)22-10-13(9-21)12-28-15-4-5-16-14(8-15)6-7-23(18(16)26)11-17(24)25;2*1-2-6-21-17(23)11-22-7-5-14-8-15(3-4-16(14)18(22)24)25-12-13(9-19)10-20;;/h6-7,11-12H,5,8-10,13-15H2,1-4H3,(H,25,28)(H,26,30);4-5,8-9H,6-7,10-12H2,1-3H3,(H,22,27)(H,24,25);2*3-4,8-9H,2,5-7,10-12,20H2,1H3,(H,21,23);2*1H/b16-12+;3*13-9+;;. The number of benzene rings is 4. The monoisotopic (exact) mass is 1630 g/mol. The van der Waals surface area contributed by atoms with Gasteiger partial charge in [0, 0.05) is 117 Å². The smallest absolute Gasteiger partial charge is 0.407 e. The Kier molecular flexibility index (Phi) is 42.1. The molecule has 622 valence electrons. The molecule has 0 saturated heterocycles. The summed E-state index contributed by atoms with van der Waals surface area (Å²) in [4.78, 5) is 126. The van der Waals surface area contributed by atoms with Crippen molar-refractivity contribution in [1.82, 2.24) is 46.2 Å². The molecule has 4 aromatic carbocycles. The lowest BCUT2D eigenvalue weighted by molar-refractivity contribution is -0.137. The molecule has 4 heterocycles. The van der Waals surface area contributed by atoms with Gasteiger partial charge in [0.15, 0.2) is 0 Å². The minimum absolute atomic E-state index is 0. The van der Waals surface area contributed by atoms with Crippen LogP contribution in [0.1, 0.15) is 145 Å². The molecule has 10 N–H and O–H groups in total. The van der Waals surface area contributed by atoms with Gasteiger partial charge in [-0.15, -0.1) is 24.8 Å². The van der Waals surface area contributed by atoms with Crippen LogP contribution >= 0.6 is 24.8 Å². The first-order valence-corrected chi connectivity index (χ1v) is 36.6. The Labute approximate surface area is 668 Å². The number of carbonyl (C=O) groups is 10. The number of fused-ring (bicyclic) bond motifs is 4. The summed E-state index contributed by atoms with van der Waals surface area (Å²) in [7, 11) is 0. The van der Waals surface area contributed by atoms with Crippen LogP contribution in [0.5, 0.6) is 23.0 Å². The highest BCUT2D eigenvalue weighted by Gasteiger charge is 2.31. The number of aliphatic carboxylic acids is 1. The van der Waals surface area contributed by atoms with Crippen molar-refractivity contribution in [3.63, 3.8) is 0 Å². The number of carboxylic acid groups (broad SMARTS) is 1. The highest BCUT2D eigenvalue weighted by Crippen LogP contribution is 2.29. The van der Waals surface area contributed by atoms with Gasteiger partial charge in [-0.05, 0) is 182 Å². The van der Waals surface area contributed by atoms with Gasteiger partial charge in [-0.3, -0.25) is 38.4 Å². The molecule has 0 bridgehead atoms. The van der Waals surface area contributed by atoms with Gasteiger partial charge < -0.3 is 91.2 Å². The molecule has 4 aliphatic heterocycles. The van der Waals surface area contributed by atoms with E-state index in [-0.39, 0.29) is 156 Å². The number of ether oxygens (including phenoxy) is 6. The van der Waals surface area contributed by atoms with E-state index < -0.39 is 29.4 Å². The van der Waals surface area contributed by atoms with Crippen LogP contribution in [0.25, 0.3) is 0 Å². The van der Waals surface area contributed by atoms with E-state index >= 15 is 0 Å². The fourth-order valence-electron chi connectivity index (χ4n) is 10.9. The number of amides is 9.